The molecule has 5 nitrogen and oxygen atoms in total. The molecule has 5 heteroatoms. The van der Waals surface area contributed by atoms with Crippen molar-refractivity contribution in [1.29, 1.82) is 0 Å². The van der Waals surface area contributed by atoms with Crippen molar-refractivity contribution in [2.45, 2.75) is 258 Å². The Hall–Kier alpha value is -1.88. The van der Waals surface area contributed by atoms with E-state index in [1.807, 2.05) is 0 Å². The highest BCUT2D eigenvalue weighted by atomic mass is 16.6. The fourth-order valence-corrected chi connectivity index (χ4v) is 7.05. The summed E-state index contributed by atoms with van der Waals surface area (Å²) in [6, 6.07) is 0. The van der Waals surface area contributed by atoms with Crippen molar-refractivity contribution in [2.75, 3.05) is 19.8 Å². The van der Waals surface area contributed by atoms with Crippen molar-refractivity contribution in [3.63, 3.8) is 0 Å². The Morgan fingerprint density at radius 1 is 0.411 bits per heavy atom. The standard InChI is InChI=1S/C51H94O5/c1-4-7-10-13-16-19-21-23-25-26-28-29-31-33-35-38-41-44-50(52)55-48-49(47-54-46-43-40-37-18-15-12-9-6-3)56-51(53)45-42-39-36-34-32-30-27-24-22-20-17-14-11-8-5-2/h7,10,16,19,23,25,49H,4-6,8-9,11-15,17-18,20-22,24,26-48H2,1-3H3/b10-7-,19-16-,25-23-. The van der Waals surface area contributed by atoms with Crippen LogP contribution in [0.2, 0.25) is 0 Å². The first-order valence-corrected chi connectivity index (χ1v) is 24.5. The highest BCUT2D eigenvalue weighted by molar-refractivity contribution is 5.70. The van der Waals surface area contributed by atoms with Crippen LogP contribution >= 0.6 is 0 Å². The van der Waals surface area contributed by atoms with Gasteiger partial charge in [-0.25, -0.2) is 0 Å². The van der Waals surface area contributed by atoms with Gasteiger partial charge in [-0.05, 0) is 51.4 Å². The van der Waals surface area contributed by atoms with Gasteiger partial charge < -0.3 is 14.2 Å². The van der Waals surface area contributed by atoms with Crippen molar-refractivity contribution >= 4 is 11.9 Å². The first kappa shape index (κ1) is 54.1. The maximum Gasteiger partial charge on any atom is 0.306 e. The van der Waals surface area contributed by atoms with Crippen LogP contribution in [0.3, 0.4) is 0 Å². The number of rotatable bonds is 45. The van der Waals surface area contributed by atoms with E-state index < -0.39 is 6.10 Å². The highest BCUT2D eigenvalue weighted by Gasteiger charge is 2.17. The molecular weight excluding hydrogens is 693 g/mol. The number of allylic oxidation sites excluding steroid dienone is 6. The first-order chi connectivity index (χ1) is 27.6. The molecule has 0 aliphatic heterocycles. The van der Waals surface area contributed by atoms with Crippen LogP contribution in [-0.2, 0) is 23.8 Å². The molecule has 0 rings (SSSR count). The molecule has 0 radical (unpaired) electrons. The second-order valence-corrected chi connectivity index (χ2v) is 16.4. The monoisotopic (exact) mass is 787 g/mol. The number of ether oxygens (including phenoxy) is 3. The van der Waals surface area contributed by atoms with Gasteiger partial charge in [-0.2, -0.15) is 0 Å². The van der Waals surface area contributed by atoms with Crippen LogP contribution in [-0.4, -0.2) is 37.9 Å². The number of hydrogen-bond acceptors (Lipinski definition) is 5. The molecule has 0 N–H and O–H groups in total. The summed E-state index contributed by atoms with van der Waals surface area (Å²) in [5.74, 6) is -0.397. The summed E-state index contributed by atoms with van der Waals surface area (Å²) in [6.45, 7) is 7.73. The number of hydrogen-bond donors (Lipinski definition) is 0. The molecular formula is C51H94O5. The summed E-state index contributed by atoms with van der Waals surface area (Å²) in [6.07, 6.45) is 55.7. The molecule has 0 aromatic heterocycles. The lowest BCUT2D eigenvalue weighted by Gasteiger charge is -2.18. The van der Waals surface area contributed by atoms with Crippen LogP contribution in [0.5, 0.6) is 0 Å². The van der Waals surface area contributed by atoms with E-state index in [4.69, 9.17) is 14.2 Å². The van der Waals surface area contributed by atoms with Gasteiger partial charge in [0.2, 0.25) is 0 Å². The minimum absolute atomic E-state index is 0.0852. The van der Waals surface area contributed by atoms with E-state index in [-0.39, 0.29) is 25.2 Å². The summed E-state index contributed by atoms with van der Waals surface area (Å²) < 4.78 is 17.3. The van der Waals surface area contributed by atoms with E-state index in [0.29, 0.717) is 19.4 Å². The summed E-state index contributed by atoms with van der Waals surface area (Å²) >= 11 is 0. The molecule has 1 unspecified atom stereocenters. The molecule has 0 fully saturated rings. The molecule has 0 aliphatic rings. The average molecular weight is 787 g/mol. The second-order valence-electron chi connectivity index (χ2n) is 16.4. The van der Waals surface area contributed by atoms with Crippen LogP contribution in [0.25, 0.3) is 0 Å². The summed E-state index contributed by atoms with van der Waals surface area (Å²) in [7, 11) is 0. The van der Waals surface area contributed by atoms with Crippen LogP contribution in [0.4, 0.5) is 0 Å². The Morgan fingerprint density at radius 3 is 1.29 bits per heavy atom. The minimum atomic E-state index is -0.531. The van der Waals surface area contributed by atoms with Gasteiger partial charge in [0.1, 0.15) is 6.61 Å². The number of unbranched alkanes of at least 4 members (excludes halogenated alkanes) is 28. The van der Waals surface area contributed by atoms with Gasteiger partial charge in [0.25, 0.3) is 0 Å². The summed E-state index contributed by atoms with van der Waals surface area (Å²) in [4.78, 5) is 25.3. The van der Waals surface area contributed by atoms with Crippen molar-refractivity contribution < 1.29 is 23.8 Å². The van der Waals surface area contributed by atoms with Gasteiger partial charge in [0, 0.05) is 19.4 Å². The summed E-state index contributed by atoms with van der Waals surface area (Å²) in [5.41, 5.74) is 0. The molecule has 0 aromatic rings. The first-order valence-electron chi connectivity index (χ1n) is 24.5. The van der Waals surface area contributed by atoms with Crippen molar-refractivity contribution in [3.05, 3.63) is 36.5 Å². The second kappa shape index (κ2) is 47.5. The van der Waals surface area contributed by atoms with Crippen LogP contribution in [0.15, 0.2) is 36.5 Å². The van der Waals surface area contributed by atoms with Gasteiger partial charge in [0.15, 0.2) is 6.10 Å². The molecule has 0 bridgehead atoms. The van der Waals surface area contributed by atoms with Gasteiger partial charge >= 0.3 is 11.9 Å². The van der Waals surface area contributed by atoms with Crippen molar-refractivity contribution in [1.82, 2.24) is 0 Å². The van der Waals surface area contributed by atoms with Gasteiger partial charge in [-0.1, -0.05) is 224 Å². The third-order valence-electron chi connectivity index (χ3n) is 10.7. The van der Waals surface area contributed by atoms with E-state index in [1.165, 1.54) is 148 Å². The normalized spacial score (nSPS) is 12.4. The van der Waals surface area contributed by atoms with Crippen molar-refractivity contribution in [3.8, 4) is 0 Å². The largest absolute Gasteiger partial charge is 0.462 e. The predicted molar refractivity (Wildman–Crippen MR) is 242 cm³/mol. The number of carbonyl (C=O) groups is 2. The average Bonchev–Trinajstić information content (AvgIpc) is 3.20. The van der Waals surface area contributed by atoms with E-state index in [9.17, 15) is 9.59 Å². The maximum atomic E-state index is 12.7. The van der Waals surface area contributed by atoms with E-state index in [1.54, 1.807) is 0 Å². The zero-order chi connectivity index (χ0) is 40.7. The lowest BCUT2D eigenvalue weighted by Crippen LogP contribution is -2.30. The SMILES string of the molecule is CC/C=C\C/C=C\C/C=C\CCCCCCCCCC(=O)OCC(COCCCCCCCCCC)OC(=O)CCCCCCCCCCCCCCCCC. The van der Waals surface area contributed by atoms with Crippen LogP contribution < -0.4 is 0 Å². The van der Waals surface area contributed by atoms with E-state index in [0.717, 1.165) is 70.6 Å². The Balaban J connectivity index is 4.15. The fourth-order valence-electron chi connectivity index (χ4n) is 7.05. The maximum absolute atomic E-state index is 12.7. The Bertz CT molecular complexity index is 893. The topological polar surface area (TPSA) is 61.8 Å². The number of carbonyl (C=O) groups excluding carboxylic acids is 2. The Kier molecular flexibility index (Phi) is 45.9. The van der Waals surface area contributed by atoms with Gasteiger partial charge in [0.05, 0.1) is 6.61 Å². The lowest BCUT2D eigenvalue weighted by atomic mass is 10.0. The summed E-state index contributed by atoms with van der Waals surface area (Å²) in [5, 5.41) is 0. The zero-order valence-electron chi connectivity index (χ0n) is 37.7. The molecule has 0 heterocycles. The van der Waals surface area contributed by atoms with Gasteiger partial charge in [-0.15, -0.1) is 0 Å². The van der Waals surface area contributed by atoms with Crippen LogP contribution in [0.1, 0.15) is 252 Å². The fraction of sp³-hybridized carbons (Fsp3) is 0.843. The van der Waals surface area contributed by atoms with Crippen molar-refractivity contribution in [2.24, 2.45) is 0 Å². The molecule has 1 atom stereocenters. The molecule has 0 aliphatic carbocycles. The quantitative estimate of drug-likeness (QED) is 0.0349. The van der Waals surface area contributed by atoms with Crippen LogP contribution in [0, 0.1) is 0 Å². The molecule has 56 heavy (non-hydrogen) atoms. The highest BCUT2D eigenvalue weighted by Crippen LogP contribution is 2.15. The van der Waals surface area contributed by atoms with E-state index in [2.05, 4.69) is 57.2 Å². The molecule has 328 valence electrons. The molecule has 0 saturated heterocycles. The number of esters is 2. The third kappa shape index (κ3) is 44.8. The third-order valence-corrected chi connectivity index (χ3v) is 10.7. The molecule has 0 spiro atoms. The molecule has 0 amide bonds. The zero-order valence-corrected chi connectivity index (χ0v) is 37.7. The smallest absolute Gasteiger partial charge is 0.306 e. The van der Waals surface area contributed by atoms with E-state index >= 15 is 0 Å². The minimum Gasteiger partial charge on any atom is -0.462 e. The Labute approximate surface area is 349 Å². The van der Waals surface area contributed by atoms with Gasteiger partial charge in [-0.3, -0.25) is 9.59 Å². The molecule has 0 saturated carbocycles. The lowest BCUT2D eigenvalue weighted by molar-refractivity contribution is -0.163. The Morgan fingerprint density at radius 2 is 0.804 bits per heavy atom. The molecule has 0 aromatic carbocycles. The predicted octanol–water partition coefficient (Wildman–Crippen LogP) is 16.2.